The van der Waals surface area contributed by atoms with E-state index in [-0.39, 0.29) is 6.17 Å². The lowest BCUT2D eigenvalue weighted by Crippen LogP contribution is -2.33. The summed E-state index contributed by atoms with van der Waals surface area (Å²) in [4.78, 5) is 10.2. The molecule has 0 fully saturated rings. The van der Waals surface area contributed by atoms with E-state index in [0.717, 1.165) is 55.6 Å². The highest BCUT2D eigenvalue weighted by molar-refractivity contribution is 7.26. The maximum absolute atomic E-state index is 6.23. The van der Waals surface area contributed by atoms with E-state index in [4.69, 9.17) is 14.4 Å². The highest BCUT2D eigenvalue weighted by Gasteiger charge is 2.22. The third-order valence-corrected chi connectivity index (χ3v) is 10.8. The fraction of sp³-hybridized carbons (Fsp3) is 0.0222. The molecule has 1 aliphatic rings. The third kappa shape index (κ3) is 4.90. The SMILES string of the molecule is c1ccc(C2=NC(c3ccc4c(c3)oc3ccccc34)=NC(c3cccc(-c4cccc(-c5cccc6c5sc5ccccc56)c4)c3)N2)cc1. The van der Waals surface area contributed by atoms with Gasteiger partial charge in [0, 0.05) is 42.1 Å². The van der Waals surface area contributed by atoms with Gasteiger partial charge in [0.2, 0.25) is 0 Å². The summed E-state index contributed by atoms with van der Waals surface area (Å²) in [5, 5.41) is 8.45. The number of thiophene rings is 1. The number of para-hydroxylation sites is 1. The fourth-order valence-corrected chi connectivity index (χ4v) is 8.32. The first kappa shape index (κ1) is 28.7. The van der Waals surface area contributed by atoms with Gasteiger partial charge < -0.3 is 9.73 Å². The molecule has 2 aromatic heterocycles. The Morgan fingerprint density at radius 2 is 1.20 bits per heavy atom. The van der Waals surface area contributed by atoms with Crippen LogP contribution in [0.3, 0.4) is 0 Å². The average Bonchev–Trinajstić information content (AvgIpc) is 3.76. The number of hydrogen-bond donors (Lipinski definition) is 1. The van der Waals surface area contributed by atoms with Gasteiger partial charge in [-0.05, 0) is 64.2 Å². The number of furan rings is 1. The van der Waals surface area contributed by atoms with Crippen LogP contribution in [-0.2, 0) is 0 Å². The summed E-state index contributed by atoms with van der Waals surface area (Å²) in [6.07, 6.45) is -0.334. The Hall–Kier alpha value is -6.30. The van der Waals surface area contributed by atoms with Crippen LogP contribution >= 0.6 is 11.3 Å². The fourth-order valence-electron chi connectivity index (χ4n) is 7.09. The Kier molecular flexibility index (Phi) is 6.71. The standard InChI is InChI=1S/C45H29N3OS/c1-2-11-28(12-3-1)43-46-44(48-45(47-43)33-23-24-36-35-17-4-6-21-39(35)49-40(36)27-33)32-16-9-14-30(26-32)29-13-8-15-31(25-29)34-19-10-20-38-37-18-5-7-22-41(37)50-42(34)38/h1-27,44H,(H,46,47,48). The summed E-state index contributed by atoms with van der Waals surface area (Å²) in [7, 11) is 0. The van der Waals surface area contributed by atoms with Crippen molar-refractivity contribution in [1.82, 2.24) is 5.32 Å². The van der Waals surface area contributed by atoms with Gasteiger partial charge in [-0.1, -0.05) is 127 Å². The van der Waals surface area contributed by atoms with Crippen molar-refractivity contribution in [3.05, 3.63) is 180 Å². The number of amidine groups is 2. The van der Waals surface area contributed by atoms with E-state index in [9.17, 15) is 0 Å². The van der Waals surface area contributed by atoms with Crippen molar-refractivity contribution in [3.8, 4) is 22.3 Å². The first-order valence-electron chi connectivity index (χ1n) is 16.8. The molecule has 7 aromatic carbocycles. The lowest BCUT2D eigenvalue weighted by atomic mass is 9.96. The molecule has 1 atom stereocenters. The average molecular weight is 660 g/mol. The van der Waals surface area contributed by atoms with Gasteiger partial charge in [0.25, 0.3) is 0 Å². The minimum Gasteiger partial charge on any atom is -0.456 e. The molecule has 0 saturated heterocycles. The Morgan fingerprint density at radius 1 is 0.500 bits per heavy atom. The highest BCUT2D eigenvalue weighted by atomic mass is 32.1. The van der Waals surface area contributed by atoms with Crippen LogP contribution in [0.5, 0.6) is 0 Å². The molecule has 236 valence electrons. The highest BCUT2D eigenvalue weighted by Crippen LogP contribution is 2.40. The third-order valence-electron chi connectivity index (χ3n) is 9.54. The first-order chi connectivity index (χ1) is 24.7. The lowest BCUT2D eigenvalue weighted by molar-refractivity contribution is 0.667. The first-order valence-corrected chi connectivity index (χ1v) is 17.6. The second-order valence-corrected chi connectivity index (χ2v) is 13.7. The lowest BCUT2D eigenvalue weighted by Gasteiger charge is -2.24. The van der Waals surface area contributed by atoms with Crippen LogP contribution < -0.4 is 5.32 Å². The molecule has 1 unspecified atom stereocenters. The van der Waals surface area contributed by atoms with E-state index in [1.165, 1.54) is 31.3 Å². The van der Waals surface area contributed by atoms with Crippen LogP contribution in [0, 0.1) is 0 Å². The van der Waals surface area contributed by atoms with Crippen LogP contribution in [0.2, 0.25) is 0 Å². The minimum atomic E-state index is -0.334. The summed E-state index contributed by atoms with van der Waals surface area (Å²) in [5.74, 6) is 1.45. The van der Waals surface area contributed by atoms with Gasteiger partial charge in [-0.3, -0.25) is 0 Å². The number of hydrogen-bond acceptors (Lipinski definition) is 5. The molecule has 1 N–H and O–H groups in total. The van der Waals surface area contributed by atoms with Crippen molar-refractivity contribution in [1.29, 1.82) is 0 Å². The van der Waals surface area contributed by atoms with Gasteiger partial charge in [-0.25, -0.2) is 9.98 Å². The van der Waals surface area contributed by atoms with Gasteiger partial charge in [0.15, 0.2) is 5.84 Å². The smallest absolute Gasteiger partial charge is 0.159 e. The quantitative estimate of drug-likeness (QED) is 0.200. The Morgan fingerprint density at radius 3 is 2.12 bits per heavy atom. The van der Waals surface area contributed by atoms with E-state index in [1.54, 1.807) is 0 Å². The number of nitrogens with zero attached hydrogens (tertiary/aromatic N) is 2. The monoisotopic (exact) mass is 659 g/mol. The van der Waals surface area contributed by atoms with E-state index >= 15 is 0 Å². The van der Waals surface area contributed by atoms with Crippen LogP contribution in [0.25, 0.3) is 64.4 Å². The van der Waals surface area contributed by atoms with Gasteiger partial charge >= 0.3 is 0 Å². The molecule has 0 aliphatic carbocycles. The molecule has 0 bridgehead atoms. The van der Waals surface area contributed by atoms with E-state index in [1.807, 2.05) is 47.7 Å². The Bertz CT molecular complexity index is 2810. The zero-order chi connectivity index (χ0) is 33.0. The minimum absolute atomic E-state index is 0.334. The summed E-state index contributed by atoms with van der Waals surface area (Å²) in [6.45, 7) is 0. The summed E-state index contributed by atoms with van der Waals surface area (Å²) >= 11 is 1.86. The second kappa shape index (κ2) is 11.7. The molecule has 0 saturated carbocycles. The van der Waals surface area contributed by atoms with Crippen LogP contribution in [0.4, 0.5) is 0 Å². The molecular weight excluding hydrogens is 631 g/mol. The molecule has 0 spiro atoms. The van der Waals surface area contributed by atoms with Crippen LogP contribution in [-0.4, -0.2) is 11.7 Å². The van der Waals surface area contributed by atoms with Crippen molar-refractivity contribution in [3.63, 3.8) is 0 Å². The van der Waals surface area contributed by atoms with Crippen molar-refractivity contribution >= 4 is 65.1 Å². The molecule has 50 heavy (non-hydrogen) atoms. The maximum Gasteiger partial charge on any atom is 0.159 e. The van der Waals surface area contributed by atoms with Crippen LogP contribution in [0.1, 0.15) is 22.9 Å². The van der Waals surface area contributed by atoms with Crippen molar-refractivity contribution in [2.45, 2.75) is 6.17 Å². The van der Waals surface area contributed by atoms with Gasteiger partial charge in [-0.2, -0.15) is 0 Å². The molecule has 9 aromatic rings. The van der Waals surface area contributed by atoms with E-state index in [0.29, 0.717) is 5.84 Å². The van der Waals surface area contributed by atoms with Gasteiger partial charge in [0.05, 0.1) is 0 Å². The number of rotatable bonds is 5. The predicted molar refractivity (Wildman–Crippen MR) is 209 cm³/mol. The number of benzene rings is 7. The molecular formula is C45H29N3OS. The van der Waals surface area contributed by atoms with Crippen molar-refractivity contribution in [2.24, 2.45) is 9.98 Å². The summed E-state index contributed by atoms with van der Waals surface area (Å²) in [5.41, 5.74) is 9.45. The molecule has 0 radical (unpaired) electrons. The van der Waals surface area contributed by atoms with Gasteiger partial charge in [-0.15, -0.1) is 11.3 Å². The van der Waals surface area contributed by atoms with Gasteiger partial charge in [0.1, 0.15) is 23.2 Å². The molecule has 3 heterocycles. The zero-order valence-electron chi connectivity index (χ0n) is 26.9. The summed E-state index contributed by atoms with van der Waals surface area (Å²) in [6, 6.07) is 57.5. The van der Waals surface area contributed by atoms with E-state index in [2.05, 4.69) is 133 Å². The molecule has 5 heteroatoms. The van der Waals surface area contributed by atoms with E-state index < -0.39 is 0 Å². The normalized spacial score (nSPS) is 14.6. The number of nitrogens with one attached hydrogen (secondary N) is 1. The topological polar surface area (TPSA) is 49.9 Å². The van der Waals surface area contributed by atoms with Crippen LogP contribution in [0.15, 0.2) is 178 Å². The summed E-state index contributed by atoms with van der Waals surface area (Å²) < 4.78 is 8.87. The largest absolute Gasteiger partial charge is 0.456 e. The second-order valence-electron chi connectivity index (χ2n) is 12.6. The van der Waals surface area contributed by atoms with Crippen molar-refractivity contribution in [2.75, 3.05) is 0 Å². The Labute approximate surface area is 292 Å². The van der Waals surface area contributed by atoms with Crippen molar-refractivity contribution < 1.29 is 4.42 Å². The number of aliphatic imine (C=N–C) groups is 2. The zero-order valence-corrected chi connectivity index (χ0v) is 27.7. The molecule has 10 rings (SSSR count). The molecule has 1 aliphatic heterocycles. The molecule has 4 nitrogen and oxygen atoms in total. The predicted octanol–water partition coefficient (Wildman–Crippen LogP) is 11.8. The molecule has 0 amide bonds. The number of fused-ring (bicyclic) bond motifs is 6. The Balaban J connectivity index is 1.04. The maximum atomic E-state index is 6.23.